The van der Waals surface area contributed by atoms with Crippen molar-refractivity contribution in [3.05, 3.63) is 45.2 Å². The number of hydrogen-bond donors (Lipinski definition) is 1. The van der Waals surface area contributed by atoms with Gasteiger partial charge >= 0.3 is 6.18 Å². The van der Waals surface area contributed by atoms with Crippen LogP contribution in [0.2, 0.25) is 5.02 Å². The molecule has 1 aromatic heterocycles. The van der Waals surface area contributed by atoms with E-state index in [-0.39, 0.29) is 30.2 Å². The fourth-order valence-corrected chi connectivity index (χ4v) is 4.37. The maximum absolute atomic E-state index is 14.0. The van der Waals surface area contributed by atoms with Crippen molar-refractivity contribution in [2.45, 2.75) is 31.3 Å². The van der Waals surface area contributed by atoms with E-state index in [1.54, 1.807) is 4.90 Å². The fraction of sp³-hybridized carbons (Fsp3) is 0.524. The first kappa shape index (κ1) is 23.7. The van der Waals surface area contributed by atoms with Crippen LogP contribution < -0.4 is 20.1 Å². The predicted octanol–water partition coefficient (Wildman–Crippen LogP) is 2.62. The molecule has 1 aromatic carbocycles. The Morgan fingerprint density at radius 1 is 1.27 bits per heavy atom. The standard InChI is InChI=1S/C21H24ClF3N4O4/c1-32-16-10-13(22)2-3-14(16)15(30)12-29-17(21(23,24)25)4-5-28-19(31)11-18(26-20(28)29)27-6-8-33-9-7-27/h2-3,10-11,15,17,30H,4-9,12H2,1H3/t15-,17+/m1/s1. The molecule has 2 aromatic rings. The highest BCUT2D eigenvalue weighted by atomic mass is 35.5. The Hall–Kier alpha value is -2.50. The van der Waals surface area contributed by atoms with Gasteiger partial charge in [-0.1, -0.05) is 17.7 Å². The number of aliphatic hydroxyl groups excluding tert-OH is 1. The number of fused-ring (bicyclic) bond motifs is 1. The van der Waals surface area contributed by atoms with Crippen molar-refractivity contribution in [2.24, 2.45) is 0 Å². The molecule has 0 amide bonds. The molecule has 4 rings (SSSR count). The van der Waals surface area contributed by atoms with Gasteiger partial charge in [-0.3, -0.25) is 9.36 Å². The largest absolute Gasteiger partial charge is 0.496 e. The average Bonchev–Trinajstić information content (AvgIpc) is 2.79. The lowest BCUT2D eigenvalue weighted by Gasteiger charge is -2.40. The van der Waals surface area contributed by atoms with Crippen molar-refractivity contribution < 1.29 is 27.8 Å². The highest BCUT2D eigenvalue weighted by molar-refractivity contribution is 6.30. The average molecular weight is 489 g/mol. The highest BCUT2D eigenvalue weighted by Gasteiger charge is 2.47. The Bertz CT molecular complexity index is 1060. The van der Waals surface area contributed by atoms with Crippen LogP contribution in [0.15, 0.2) is 29.1 Å². The van der Waals surface area contributed by atoms with E-state index in [4.69, 9.17) is 21.1 Å². The number of halogens is 4. The van der Waals surface area contributed by atoms with Gasteiger partial charge in [0, 0.05) is 36.3 Å². The van der Waals surface area contributed by atoms with Crippen molar-refractivity contribution in [2.75, 3.05) is 49.8 Å². The molecule has 33 heavy (non-hydrogen) atoms. The van der Waals surface area contributed by atoms with E-state index < -0.39 is 30.4 Å². The third-order valence-electron chi connectivity index (χ3n) is 5.87. The molecule has 1 fully saturated rings. The second-order valence-corrected chi connectivity index (χ2v) is 8.34. The normalized spacial score (nSPS) is 19.9. The Labute approximate surface area is 193 Å². The van der Waals surface area contributed by atoms with E-state index in [1.165, 1.54) is 35.9 Å². The number of benzene rings is 1. The maximum atomic E-state index is 14.0. The number of aromatic nitrogens is 2. The van der Waals surface area contributed by atoms with E-state index in [1.807, 2.05) is 0 Å². The number of nitrogens with zero attached hydrogens (tertiary/aromatic N) is 4. The molecular formula is C21H24ClF3N4O4. The van der Waals surface area contributed by atoms with Gasteiger partial charge in [0.25, 0.3) is 5.56 Å². The van der Waals surface area contributed by atoms with Crippen LogP contribution in [0, 0.1) is 0 Å². The first-order valence-corrected chi connectivity index (χ1v) is 10.9. The third kappa shape index (κ3) is 4.90. The molecule has 180 valence electrons. The zero-order valence-corrected chi connectivity index (χ0v) is 18.6. The van der Waals surface area contributed by atoms with Crippen LogP contribution in [-0.4, -0.2) is 66.8 Å². The first-order chi connectivity index (χ1) is 15.7. The van der Waals surface area contributed by atoms with Crippen LogP contribution >= 0.6 is 11.6 Å². The van der Waals surface area contributed by atoms with Crippen LogP contribution in [0.4, 0.5) is 24.9 Å². The number of methoxy groups -OCH3 is 1. The lowest BCUT2D eigenvalue weighted by atomic mass is 10.0. The molecule has 1 N–H and O–H groups in total. The Morgan fingerprint density at radius 2 is 2.00 bits per heavy atom. The summed E-state index contributed by atoms with van der Waals surface area (Å²) < 4.78 is 53.7. The highest BCUT2D eigenvalue weighted by Crippen LogP contribution is 2.37. The molecule has 2 aliphatic heterocycles. The van der Waals surface area contributed by atoms with E-state index in [0.29, 0.717) is 37.1 Å². The molecule has 0 unspecified atom stereocenters. The van der Waals surface area contributed by atoms with Gasteiger partial charge in [0.1, 0.15) is 23.7 Å². The van der Waals surface area contributed by atoms with Gasteiger partial charge in [0.05, 0.1) is 26.9 Å². The summed E-state index contributed by atoms with van der Waals surface area (Å²) in [5.41, 5.74) is -0.155. The minimum atomic E-state index is -4.58. The van der Waals surface area contributed by atoms with E-state index >= 15 is 0 Å². The number of β-amino-alcohol motifs (C(OH)–C–C–N with tert-alkyl or cyclic N) is 1. The van der Waals surface area contributed by atoms with Crippen molar-refractivity contribution in [1.82, 2.24) is 9.55 Å². The summed E-state index contributed by atoms with van der Waals surface area (Å²) in [6, 6.07) is 3.93. The van der Waals surface area contributed by atoms with Crippen LogP contribution in [0.5, 0.6) is 5.75 Å². The second-order valence-electron chi connectivity index (χ2n) is 7.90. The molecule has 8 nitrogen and oxygen atoms in total. The SMILES string of the molecule is COc1cc(Cl)ccc1[C@H](O)CN1c2nc(N3CCOCC3)cc(=O)n2CC[C@H]1C(F)(F)F. The number of alkyl halides is 3. The summed E-state index contributed by atoms with van der Waals surface area (Å²) >= 11 is 5.97. The number of anilines is 2. The lowest BCUT2D eigenvalue weighted by molar-refractivity contribution is -0.153. The zero-order valence-electron chi connectivity index (χ0n) is 17.9. The fourth-order valence-electron chi connectivity index (χ4n) is 4.21. The number of ether oxygens (including phenoxy) is 2. The van der Waals surface area contributed by atoms with Gasteiger partial charge in [0.2, 0.25) is 5.95 Å². The Kier molecular flexibility index (Phi) is 6.73. The predicted molar refractivity (Wildman–Crippen MR) is 116 cm³/mol. The second kappa shape index (κ2) is 9.40. The summed E-state index contributed by atoms with van der Waals surface area (Å²) in [5.74, 6) is 0.425. The molecule has 3 heterocycles. The van der Waals surface area contributed by atoms with Gasteiger partial charge < -0.3 is 24.4 Å². The van der Waals surface area contributed by atoms with Crippen molar-refractivity contribution in [3.8, 4) is 5.75 Å². The van der Waals surface area contributed by atoms with E-state index in [2.05, 4.69) is 4.98 Å². The van der Waals surface area contributed by atoms with Crippen molar-refractivity contribution >= 4 is 23.4 Å². The van der Waals surface area contributed by atoms with Crippen LogP contribution in [0.1, 0.15) is 18.1 Å². The van der Waals surface area contributed by atoms with Crippen LogP contribution in [-0.2, 0) is 11.3 Å². The number of hydrogen-bond acceptors (Lipinski definition) is 7. The summed E-state index contributed by atoms with van der Waals surface area (Å²) in [4.78, 5) is 20.0. The van der Waals surface area contributed by atoms with Crippen molar-refractivity contribution in [1.29, 1.82) is 0 Å². The van der Waals surface area contributed by atoms with Gasteiger partial charge in [-0.15, -0.1) is 0 Å². The monoisotopic (exact) mass is 488 g/mol. The Morgan fingerprint density at radius 3 is 2.67 bits per heavy atom. The zero-order chi connectivity index (χ0) is 23.8. The quantitative estimate of drug-likeness (QED) is 0.693. The molecule has 12 heteroatoms. The third-order valence-corrected chi connectivity index (χ3v) is 6.11. The van der Waals surface area contributed by atoms with Gasteiger partial charge in [-0.2, -0.15) is 18.2 Å². The number of rotatable bonds is 5. The van der Waals surface area contributed by atoms with E-state index in [9.17, 15) is 23.1 Å². The molecule has 0 aliphatic carbocycles. The molecular weight excluding hydrogens is 465 g/mol. The molecule has 0 spiro atoms. The summed E-state index contributed by atoms with van der Waals surface area (Å²) in [6.45, 7) is 1.26. The summed E-state index contributed by atoms with van der Waals surface area (Å²) in [5, 5.41) is 11.3. The molecule has 2 aliphatic rings. The van der Waals surface area contributed by atoms with Crippen molar-refractivity contribution in [3.63, 3.8) is 0 Å². The summed E-state index contributed by atoms with van der Waals surface area (Å²) in [6.07, 6.45) is -6.26. The molecule has 0 bridgehead atoms. The van der Waals surface area contributed by atoms with Gasteiger partial charge in [0.15, 0.2) is 0 Å². The maximum Gasteiger partial charge on any atom is 0.408 e. The molecule has 2 atom stereocenters. The number of morpholine rings is 1. The van der Waals surface area contributed by atoms with Crippen LogP contribution in [0.3, 0.4) is 0 Å². The first-order valence-electron chi connectivity index (χ1n) is 10.5. The van der Waals surface area contributed by atoms with E-state index in [0.717, 1.165) is 4.90 Å². The minimum Gasteiger partial charge on any atom is -0.496 e. The molecule has 0 saturated carbocycles. The Balaban J connectivity index is 1.74. The topological polar surface area (TPSA) is 80.1 Å². The molecule has 0 radical (unpaired) electrons. The molecule has 1 saturated heterocycles. The van der Waals surface area contributed by atoms with Crippen LogP contribution in [0.25, 0.3) is 0 Å². The van der Waals surface area contributed by atoms with Gasteiger partial charge in [-0.05, 0) is 18.6 Å². The smallest absolute Gasteiger partial charge is 0.408 e. The summed E-state index contributed by atoms with van der Waals surface area (Å²) in [7, 11) is 1.38. The number of aliphatic hydroxyl groups is 1. The lowest BCUT2D eigenvalue weighted by Crippen LogP contribution is -2.54. The minimum absolute atomic E-state index is 0.119. The van der Waals surface area contributed by atoms with Gasteiger partial charge in [-0.25, -0.2) is 0 Å².